The summed E-state index contributed by atoms with van der Waals surface area (Å²) in [6.07, 6.45) is 8.72. The Bertz CT molecular complexity index is 1070. The molecular weight excluding hydrogens is 416 g/mol. The minimum absolute atomic E-state index is 0.181. The molecule has 2 unspecified atom stereocenters. The van der Waals surface area contributed by atoms with Gasteiger partial charge in [-0.2, -0.15) is 0 Å². The molecule has 0 amide bonds. The Morgan fingerprint density at radius 1 is 1.25 bits per heavy atom. The smallest absolute Gasteiger partial charge is 0.168 e. The largest absolute Gasteiger partial charge is 0.306 e. The van der Waals surface area contributed by atoms with Gasteiger partial charge < -0.3 is 4.48 Å². The zero-order chi connectivity index (χ0) is 23.6. The highest BCUT2D eigenvalue weighted by atomic mass is 32.2. The quantitative estimate of drug-likeness (QED) is 0.265. The van der Waals surface area contributed by atoms with Crippen LogP contribution in [0, 0.1) is 9.56 Å². The van der Waals surface area contributed by atoms with Crippen molar-refractivity contribution in [3.05, 3.63) is 53.7 Å². The summed E-state index contributed by atoms with van der Waals surface area (Å²) in [5.74, 6) is 0. The van der Waals surface area contributed by atoms with Crippen molar-refractivity contribution in [1.82, 2.24) is 9.29 Å². The van der Waals surface area contributed by atoms with Crippen molar-refractivity contribution < 1.29 is 4.48 Å². The highest BCUT2D eigenvalue weighted by molar-refractivity contribution is 7.92. The first-order chi connectivity index (χ1) is 15.0. The number of fused-ring (bicyclic) bond motifs is 1. The van der Waals surface area contributed by atoms with Gasteiger partial charge in [-0.1, -0.05) is 37.6 Å². The van der Waals surface area contributed by atoms with E-state index in [-0.39, 0.29) is 10.9 Å². The summed E-state index contributed by atoms with van der Waals surface area (Å²) in [5.41, 5.74) is 10.3. The van der Waals surface area contributed by atoms with Crippen LogP contribution in [0.15, 0.2) is 48.2 Å². The van der Waals surface area contributed by atoms with Crippen LogP contribution in [0.25, 0.3) is 10.9 Å². The molecule has 6 nitrogen and oxygen atoms in total. The number of para-hydroxylation sites is 1. The summed E-state index contributed by atoms with van der Waals surface area (Å²) < 4.78 is 20.2. The number of hydrogen-bond donors (Lipinski definition) is 3. The van der Waals surface area contributed by atoms with E-state index in [1.54, 1.807) is 0 Å². The van der Waals surface area contributed by atoms with E-state index >= 15 is 0 Å². The molecule has 7 heteroatoms. The molecule has 0 saturated carbocycles. The third-order valence-electron chi connectivity index (χ3n) is 7.15. The van der Waals surface area contributed by atoms with E-state index < -0.39 is 9.81 Å². The lowest BCUT2D eigenvalue weighted by molar-refractivity contribution is -0.916. The lowest BCUT2D eigenvalue weighted by atomic mass is 9.89. The lowest BCUT2D eigenvalue weighted by Gasteiger charge is -2.42. The van der Waals surface area contributed by atoms with Crippen LogP contribution in [0.4, 0.5) is 0 Å². The fourth-order valence-electron chi connectivity index (χ4n) is 4.66. The Kier molecular flexibility index (Phi) is 7.44. The van der Waals surface area contributed by atoms with Gasteiger partial charge >= 0.3 is 0 Å². The average Bonchev–Trinajstić information content (AvgIpc) is 2.77. The standard InChI is InChI=1S/C25H41N6S/c1-6-7-18-30(3)32(27,28)25(2)15-13-20(14-16-25)19-31(4,5)24(26)22-12-8-10-21-11-9-17-29-23(21)22/h8-13,17,24,27-28H,6-7,14-16,18-19,26H2,1-5H3/q+1. The van der Waals surface area contributed by atoms with Crippen molar-refractivity contribution >= 4 is 20.7 Å². The minimum atomic E-state index is -2.33. The predicted molar refractivity (Wildman–Crippen MR) is 136 cm³/mol. The molecule has 1 aromatic heterocycles. The maximum atomic E-state index is 8.92. The molecule has 1 aliphatic carbocycles. The molecule has 0 spiro atoms. The Morgan fingerprint density at radius 2 is 1.97 bits per heavy atom. The van der Waals surface area contributed by atoms with Gasteiger partial charge in [0.15, 0.2) is 6.17 Å². The number of likely N-dealkylation sites (N-methyl/N-ethyl adjacent to an activating group) is 1. The van der Waals surface area contributed by atoms with Crippen LogP contribution in [0.2, 0.25) is 0 Å². The normalized spacial score (nSPS) is 21.0. The zero-order valence-corrected chi connectivity index (χ0v) is 21.2. The highest BCUT2D eigenvalue weighted by Crippen LogP contribution is 2.38. The lowest BCUT2D eigenvalue weighted by Crippen LogP contribution is -2.49. The number of pyridine rings is 1. The number of nitrogens with one attached hydrogen (secondary N) is 2. The summed E-state index contributed by atoms with van der Waals surface area (Å²) in [6.45, 7) is 6.01. The van der Waals surface area contributed by atoms with Crippen LogP contribution < -0.4 is 5.73 Å². The second-order valence-electron chi connectivity index (χ2n) is 10.1. The number of allylic oxidation sites excluding steroid dienone is 1. The minimum Gasteiger partial charge on any atom is -0.306 e. The second-order valence-corrected chi connectivity index (χ2v) is 12.9. The van der Waals surface area contributed by atoms with E-state index in [1.165, 1.54) is 5.57 Å². The monoisotopic (exact) mass is 457 g/mol. The highest BCUT2D eigenvalue weighted by Gasteiger charge is 2.38. The maximum absolute atomic E-state index is 8.92. The van der Waals surface area contributed by atoms with E-state index in [0.717, 1.165) is 61.7 Å². The molecular formula is C25H41N6S+. The molecule has 2 atom stereocenters. The number of quaternary nitrogens is 1. The Balaban J connectivity index is 1.75. The Hall–Kier alpha value is -1.80. The third-order valence-corrected chi connectivity index (χ3v) is 10.1. The van der Waals surface area contributed by atoms with Gasteiger partial charge in [-0.3, -0.25) is 20.3 Å². The van der Waals surface area contributed by atoms with Crippen molar-refractivity contribution in [1.29, 1.82) is 9.56 Å². The first-order valence-electron chi connectivity index (χ1n) is 11.6. The van der Waals surface area contributed by atoms with Gasteiger partial charge in [0.2, 0.25) is 0 Å². The van der Waals surface area contributed by atoms with E-state index in [9.17, 15) is 0 Å². The maximum Gasteiger partial charge on any atom is 0.168 e. The Morgan fingerprint density at radius 3 is 2.62 bits per heavy atom. The van der Waals surface area contributed by atoms with Gasteiger partial charge in [0, 0.05) is 32.7 Å². The molecule has 176 valence electrons. The number of unbranched alkanes of at least 4 members (excludes halogenated alkanes) is 1. The van der Waals surface area contributed by atoms with Gasteiger partial charge in [0.1, 0.15) is 6.54 Å². The number of rotatable bonds is 9. The van der Waals surface area contributed by atoms with Crippen LogP contribution in [-0.2, 0) is 9.81 Å². The molecule has 0 fully saturated rings. The molecule has 1 heterocycles. The first-order valence-corrected chi connectivity index (χ1v) is 13.2. The summed E-state index contributed by atoms with van der Waals surface area (Å²) in [5, 5.41) is 1.12. The van der Waals surface area contributed by atoms with Crippen LogP contribution in [0.1, 0.15) is 57.7 Å². The molecule has 1 aromatic carbocycles. The summed E-state index contributed by atoms with van der Waals surface area (Å²) >= 11 is 0. The molecule has 3 rings (SSSR count). The Labute approximate surface area is 194 Å². The fraction of sp³-hybridized carbons (Fsp3) is 0.560. The molecule has 0 radical (unpaired) electrons. The SMILES string of the molecule is CCCCN(C)S(=N)(=N)C1(C)CC=C(C[N+](C)(C)C(N)c2cccc3cccnc23)CC1. The average molecular weight is 458 g/mol. The summed E-state index contributed by atoms with van der Waals surface area (Å²) in [6, 6.07) is 10.3. The molecule has 0 bridgehead atoms. The van der Waals surface area contributed by atoms with Crippen molar-refractivity contribution in [3.63, 3.8) is 0 Å². The number of benzene rings is 1. The summed E-state index contributed by atoms with van der Waals surface area (Å²) in [4.78, 5) is 4.60. The van der Waals surface area contributed by atoms with Gasteiger partial charge in [0.05, 0.1) is 25.2 Å². The number of aromatic nitrogens is 1. The van der Waals surface area contributed by atoms with Crippen LogP contribution in [-0.4, -0.2) is 52.8 Å². The van der Waals surface area contributed by atoms with Gasteiger partial charge in [-0.05, 0) is 57.4 Å². The predicted octanol–water partition coefficient (Wildman–Crippen LogP) is 5.46. The number of nitrogens with two attached hydrogens (primary N) is 1. The van der Waals surface area contributed by atoms with E-state index in [0.29, 0.717) is 4.48 Å². The molecule has 0 aliphatic heterocycles. The number of hydrogen-bond acceptors (Lipinski definition) is 4. The summed E-state index contributed by atoms with van der Waals surface area (Å²) in [7, 11) is 4.00. The molecule has 4 N–H and O–H groups in total. The molecule has 32 heavy (non-hydrogen) atoms. The molecule has 1 aliphatic rings. The van der Waals surface area contributed by atoms with Crippen LogP contribution in [0.3, 0.4) is 0 Å². The van der Waals surface area contributed by atoms with Gasteiger partial charge in [-0.25, -0.2) is 4.31 Å². The van der Waals surface area contributed by atoms with E-state index in [2.05, 4.69) is 63.3 Å². The van der Waals surface area contributed by atoms with Gasteiger partial charge in [-0.15, -0.1) is 0 Å². The van der Waals surface area contributed by atoms with Crippen LogP contribution in [0.5, 0.6) is 0 Å². The van der Waals surface area contributed by atoms with E-state index in [4.69, 9.17) is 15.3 Å². The first kappa shape index (κ1) is 24.8. The van der Waals surface area contributed by atoms with Crippen molar-refractivity contribution in [2.75, 3.05) is 34.2 Å². The topological polar surface area (TPSA) is 89.9 Å². The van der Waals surface area contributed by atoms with Gasteiger partial charge in [0.25, 0.3) is 0 Å². The number of nitrogens with zero attached hydrogens (tertiary/aromatic N) is 3. The van der Waals surface area contributed by atoms with Crippen molar-refractivity contribution in [2.24, 2.45) is 5.73 Å². The van der Waals surface area contributed by atoms with Crippen molar-refractivity contribution in [3.8, 4) is 0 Å². The molecule has 2 aromatic rings. The molecule has 0 saturated heterocycles. The second kappa shape index (κ2) is 9.59. The third kappa shape index (κ3) is 4.91. The van der Waals surface area contributed by atoms with Crippen LogP contribution >= 0.6 is 0 Å². The van der Waals surface area contributed by atoms with E-state index in [1.807, 2.05) is 23.6 Å². The van der Waals surface area contributed by atoms with Crippen molar-refractivity contribution in [2.45, 2.75) is 56.9 Å². The zero-order valence-electron chi connectivity index (χ0n) is 20.4. The fourth-order valence-corrected chi connectivity index (χ4v) is 6.54.